The molecular formula is C52H74N2O6. The number of hydrogen-bond acceptors (Lipinski definition) is 7. The van der Waals surface area contributed by atoms with Crippen molar-refractivity contribution in [3.63, 3.8) is 0 Å². The zero-order chi connectivity index (χ0) is 41.6. The van der Waals surface area contributed by atoms with Crippen LogP contribution >= 0.6 is 0 Å². The molecule has 0 amide bonds. The lowest BCUT2D eigenvalue weighted by Crippen LogP contribution is -2.30. The number of ether oxygens (including phenoxy) is 3. The van der Waals surface area contributed by atoms with E-state index in [0.29, 0.717) is 36.1 Å². The van der Waals surface area contributed by atoms with Gasteiger partial charge >= 0.3 is 11.9 Å². The third-order valence-corrected chi connectivity index (χ3v) is 15.0. The summed E-state index contributed by atoms with van der Waals surface area (Å²) < 4.78 is 17.6. The van der Waals surface area contributed by atoms with Crippen LogP contribution in [0.1, 0.15) is 159 Å². The lowest BCUT2D eigenvalue weighted by atomic mass is 9.72. The predicted molar refractivity (Wildman–Crippen MR) is 241 cm³/mol. The topological polar surface area (TPSA) is 88.5 Å². The second kappa shape index (κ2) is 21.9. The average Bonchev–Trinajstić information content (AvgIpc) is 3.94. The van der Waals surface area contributed by atoms with Gasteiger partial charge in [0.25, 0.3) is 0 Å². The molecule has 328 valence electrons. The SMILES string of the molecule is CCOC(=O)CCCN1CC=C(c2ccc(OC3CCC4(CCCC4)CC3)cc2)CC1.O=C(O)CCCN1CC=C(c2ccc(OC3CCC4(CCCC4)CC3)cc2)CC1. The smallest absolute Gasteiger partial charge is 0.305 e. The molecule has 8 rings (SSSR count). The molecule has 4 saturated carbocycles. The first-order chi connectivity index (χ1) is 29.3. The molecule has 2 heterocycles. The lowest BCUT2D eigenvalue weighted by molar-refractivity contribution is -0.143. The van der Waals surface area contributed by atoms with Gasteiger partial charge in [0.1, 0.15) is 11.5 Å². The molecular weight excluding hydrogens is 749 g/mol. The van der Waals surface area contributed by atoms with Crippen molar-refractivity contribution in [2.24, 2.45) is 10.8 Å². The Balaban J connectivity index is 0.000000182. The first-order valence-corrected chi connectivity index (χ1v) is 24.0. The number of carboxylic acids is 1. The van der Waals surface area contributed by atoms with Crippen LogP contribution in [0.2, 0.25) is 0 Å². The van der Waals surface area contributed by atoms with E-state index in [0.717, 1.165) is 76.5 Å². The number of carboxylic acid groups (broad SMARTS) is 1. The highest BCUT2D eigenvalue weighted by molar-refractivity contribution is 5.69. The molecule has 0 radical (unpaired) electrons. The zero-order valence-electron chi connectivity index (χ0n) is 36.8. The molecule has 2 aromatic rings. The van der Waals surface area contributed by atoms with Crippen molar-refractivity contribution in [1.29, 1.82) is 0 Å². The molecule has 4 fully saturated rings. The Labute approximate surface area is 361 Å². The number of aliphatic carboxylic acids is 1. The summed E-state index contributed by atoms with van der Waals surface area (Å²) in [6.45, 7) is 8.08. The van der Waals surface area contributed by atoms with E-state index in [1.807, 2.05) is 6.92 Å². The van der Waals surface area contributed by atoms with Crippen LogP contribution in [0.5, 0.6) is 11.5 Å². The van der Waals surface area contributed by atoms with Gasteiger partial charge in [0.05, 0.1) is 18.8 Å². The van der Waals surface area contributed by atoms with Crippen molar-refractivity contribution in [2.75, 3.05) is 45.9 Å². The molecule has 2 spiro atoms. The molecule has 60 heavy (non-hydrogen) atoms. The lowest BCUT2D eigenvalue weighted by Gasteiger charge is -2.37. The van der Waals surface area contributed by atoms with Crippen LogP contribution in [0, 0.1) is 10.8 Å². The molecule has 8 nitrogen and oxygen atoms in total. The Morgan fingerprint density at radius 3 is 1.40 bits per heavy atom. The summed E-state index contributed by atoms with van der Waals surface area (Å²) in [7, 11) is 0. The second-order valence-electron chi connectivity index (χ2n) is 19.1. The summed E-state index contributed by atoms with van der Waals surface area (Å²) in [5.41, 5.74) is 6.76. The van der Waals surface area contributed by atoms with Crippen LogP contribution in [-0.4, -0.2) is 84.9 Å². The number of rotatable bonds is 15. The van der Waals surface area contributed by atoms with E-state index in [4.69, 9.17) is 19.3 Å². The minimum atomic E-state index is -0.702. The summed E-state index contributed by atoms with van der Waals surface area (Å²) in [6, 6.07) is 17.4. The number of benzene rings is 2. The number of carbonyl (C=O) groups excluding carboxylic acids is 1. The Morgan fingerprint density at radius 2 is 1.03 bits per heavy atom. The van der Waals surface area contributed by atoms with Crippen molar-refractivity contribution in [2.45, 2.75) is 160 Å². The minimum Gasteiger partial charge on any atom is -0.490 e. The number of esters is 1. The fourth-order valence-electron chi connectivity index (χ4n) is 11.3. The van der Waals surface area contributed by atoms with Crippen molar-refractivity contribution < 1.29 is 28.9 Å². The minimum absolute atomic E-state index is 0.0793. The Bertz CT molecular complexity index is 1700. The summed E-state index contributed by atoms with van der Waals surface area (Å²) >= 11 is 0. The van der Waals surface area contributed by atoms with E-state index in [2.05, 4.69) is 70.5 Å². The highest BCUT2D eigenvalue weighted by Crippen LogP contribution is 2.50. The maximum absolute atomic E-state index is 11.5. The Kier molecular flexibility index (Phi) is 16.3. The van der Waals surface area contributed by atoms with E-state index in [-0.39, 0.29) is 12.4 Å². The third-order valence-electron chi connectivity index (χ3n) is 15.0. The predicted octanol–water partition coefficient (Wildman–Crippen LogP) is 11.5. The molecule has 6 aliphatic rings. The van der Waals surface area contributed by atoms with E-state index in [1.165, 1.54) is 125 Å². The van der Waals surface area contributed by atoms with Crippen molar-refractivity contribution in [3.05, 3.63) is 71.8 Å². The quantitative estimate of drug-likeness (QED) is 0.178. The number of carbonyl (C=O) groups is 2. The van der Waals surface area contributed by atoms with Crippen molar-refractivity contribution >= 4 is 23.1 Å². The van der Waals surface area contributed by atoms with E-state index >= 15 is 0 Å². The van der Waals surface area contributed by atoms with Gasteiger partial charge in [-0.15, -0.1) is 0 Å². The fourth-order valence-corrected chi connectivity index (χ4v) is 11.3. The molecule has 1 N–H and O–H groups in total. The van der Waals surface area contributed by atoms with Crippen molar-refractivity contribution in [3.8, 4) is 11.5 Å². The van der Waals surface area contributed by atoms with Gasteiger partial charge < -0.3 is 19.3 Å². The first-order valence-electron chi connectivity index (χ1n) is 24.0. The maximum Gasteiger partial charge on any atom is 0.305 e. The molecule has 2 aliphatic heterocycles. The first kappa shape index (κ1) is 44.4. The molecule has 8 heteroatoms. The van der Waals surface area contributed by atoms with E-state index < -0.39 is 5.97 Å². The molecule has 2 aromatic carbocycles. The van der Waals surface area contributed by atoms with Gasteiger partial charge in [-0.25, -0.2) is 0 Å². The monoisotopic (exact) mass is 823 g/mol. The third kappa shape index (κ3) is 13.0. The van der Waals surface area contributed by atoms with Crippen LogP contribution in [0.15, 0.2) is 60.7 Å². The Hall–Kier alpha value is -3.62. The standard InChI is InChI=1S/C27H39NO3.C25H35NO3/c1-2-30-26(29)6-5-19-28-20-13-23(14-21-28)22-7-9-24(10-8-22)31-25-11-17-27(18-12-25)15-3-4-16-27;27-24(28)4-3-17-26-18-11-21(12-19-26)20-5-7-22(8-6-20)29-23-9-15-25(16-10-23)13-1-2-14-25/h7-10,13,25H,2-6,11-12,14-21H2,1H3;5-8,11,23H,1-4,9-10,12-19H2,(H,27,28). The fraction of sp³-hybridized carbons (Fsp3) is 0.654. The highest BCUT2D eigenvalue weighted by Gasteiger charge is 2.39. The van der Waals surface area contributed by atoms with Gasteiger partial charge in [-0.2, -0.15) is 0 Å². The molecule has 0 saturated heterocycles. The molecule has 4 aliphatic carbocycles. The molecule has 0 unspecified atom stereocenters. The zero-order valence-corrected chi connectivity index (χ0v) is 36.8. The second-order valence-corrected chi connectivity index (χ2v) is 19.1. The highest BCUT2D eigenvalue weighted by atomic mass is 16.5. The van der Waals surface area contributed by atoms with Crippen LogP contribution in [0.4, 0.5) is 0 Å². The summed E-state index contributed by atoms with van der Waals surface area (Å²) in [4.78, 5) is 26.9. The van der Waals surface area contributed by atoms with Gasteiger partial charge in [-0.3, -0.25) is 19.4 Å². The Morgan fingerprint density at radius 1 is 0.617 bits per heavy atom. The van der Waals surface area contributed by atoms with Crippen LogP contribution in [0.3, 0.4) is 0 Å². The van der Waals surface area contributed by atoms with E-state index in [1.54, 1.807) is 0 Å². The van der Waals surface area contributed by atoms with Gasteiger partial charge in [0, 0.05) is 39.0 Å². The van der Waals surface area contributed by atoms with Gasteiger partial charge in [0.15, 0.2) is 0 Å². The molecule has 0 aromatic heterocycles. The summed E-state index contributed by atoms with van der Waals surface area (Å²) in [5.74, 6) is 1.25. The average molecular weight is 823 g/mol. The molecule has 0 bridgehead atoms. The van der Waals surface area contributed by atoms with Gasteiger partial charge in [-0.05, 0) is 180 Å². The van der Waals surface area contributed by atoms with Crippen LogP contribution in [0.25, 0.3) is 11.1 Å². The normalized spacial score (nSPS) is 23.1. The molecule has 0 atom stereocenters. The summed E-state index contributed by atoms with van der Waals surface area (Å²) in [6.07, 6.45) is 31.7. The number of nitrogens with zero attached hydrogens (tertiary/aromatic N) is 2. The van der Waals surface area contributed by atoms with Crippen LogP contribution in [-0.2, 0) is 14.3 Å². The maximum atomic E-state index is 11.5. The summed E-state index contributed by atoms with van der Waals surface area (Å²) in [5, 5.41) is 8.77. The van der Waals surface area contributed by atoms with Crippen LogP contribution < -0.4 is 9.47 Å². The van der Waals surface area contributed by atoms with Gasteiger partial charge in [0.2, 0.25) is 0 Å². The number of hydrogen-bond donors (Lipinski definition) is 1. The van der Waals surface area contributed by atoms with Gasteiger partial charge in [-0.1, -0.05) is 62.1 Å². The largest absolute Gasteiger partial charge is 0.490 e. The van der Waals surface area contributed by atoms with Crippen molar-refractivity contribution in [1.82, 2.24) is 9.80 Å². The van der Waals surface area contributed by atoms with E-state index in [9.17, 15) is 9.59 Å².